The molecule has 162 valence electrons. The lowest BCUT2D eigenvalue weighted by molar-refractivity contribution is -0.111. The minimum atomic E-state index is -0.255. The first-order chi connectivity index (χ1) is 16.1. The molecule has 1 N–H and O–H groups in total. The maximum absolute atomic E-state index is 12.6. The van der Waals surface area contributed by atoms with E-state index in [9.17, 15) is 4.79 Å². The van der Waals surface area contributed by atoms with E-state index in [-0.39, 0.29) is 5.91 Å². The van der Waals surface area contributed by atoms with Crippen molar-refractivity contribution >= 4 is 39.0 Å². The number of hydrogen-bond acceptors (Lipinski definition) is 4. The molecule has 0 bridgehead atoms. The standard InChI is InChI=1S/C28H22N2O3/c1-18(14-28(31)30-27-12-5-6-13-29-27)22-15-23-24(17-33-26(23)16-25(22)32-2)21-11-7-9-19-8-3-4-10-20(19)21/h3-17H,1-2H3,(H,29,30,31)/b18-14+. The van der Waals surface area contributed by atoms with Gasteiger partial charge in [-0.25, -0.2) is 4.98 Å². The van der Waals surface area contributed by atoms with Crippen LogP contribution in [0.4, 0.5) is 5.82 Å². The van der Waals surface area contributed by atoms with E-state index in [1.165, 1.54) is 5.39 Å². The number of anilines is 1. The van der Waals surface area contributed by atoms with Gasteiger partial charge >= 0.3 is 0 Å². The Labute approximate surface area is 191 Å². The molecule has 0 radical (unpaired) electrons. The molecule has 0 saturated heterocycles. The Kier molecular flexibility index (Phi) is 5.37. The first kappa shape index (κ1) is 20.5. The molecule has 5 aromatic rings. The number of nitrogens with one attached hydrogen (secondary N) is 1. The van der Waals surface area contributed by atoms with Crippen LogP contribution in [0.25, 0.3) is 38.4 Å². The fraction of sp³-hybridized carbons (Fsp3) is 0.0714. The second kappa shape index (κ2) is 8.63. The van der Waals surface area contributed by atoms with Crippen LogP contribution in [0.1, 0.15) is 12.5 Å². The fourth-order valence-corrected chi connectivity index (χ4v) is 4.07. The number of hydrogen-bond donors (Lipinski definition) is 1. The number of methoxy groups -OCH3 is 1. The Hall–Kier alpha value is -4.38. The zero-order valence-corrected chi connectivity index (χ0v) is 18.3. The van der Waals surface area contributed by atoms with Gasteiger partial charge in [0.15, 0.2) is 0 Å². The lowest BCUT2D eigenvalue weighted by Gasteiger charge is -2.11. The zero-order chi connectivity index (χ0) is 22.8. The number of carbonyl (C=O) groups is 1. The van der Waals surface area contributed by atoms with Gasteiger partial charge < -0.3 is 14.5 Å². The quantitative estimate of drug-likeness (QED) is 0.313. The van der Waals surface area contributed by atoms with E-state index in [1.807, 2.05) is 43.3 Å². The van der Waals surface area contributed by atoms with E-state index in [0.717, 1.165) is 38.6 Å². The predicted octanol–water partition coefficient (Wildman–Crippen LogP) is 6.70. The van der Waals surface area contributed by atoms with E-state index in [4.69, 9.17) is 9.15 Å². The zero-order valence-electron chi connectivity index (χ0n) is 18.3. The molecule has 33 heavy (non-hydrogen) atoms. The summed E-state index contributed by atoms with van der Waals surface area (Å²) in [6, 6.07) is 23.8. The van der Waals surface area contributed by atoms with Crippen molar-refractivity contribution in [3.8, 4) is 16.9 Å². The Balaban J connectivity index is 1.59. The number of allylic oxidation sites excluding steroid dienone is 1. The van der Waals surface area contributed by atoms with Gasteiger partial charge in [0.05, 0.1) is 13.4 Å². The molecule has 5 heteroatoms. The molecule has 1 amide bonds. The smallest absolute Gasteiger partial charge is 0.249 e. The lowest BCUT2D eigenvalue weighted by atomic mass is 9.96. The number of ether oxygens (including phenoxy) is 1. The molecule has 5 nitrogen and oxygen atoms in total. The molecular weight excluding hydrogens is 412 g/mol. The molecule has 0 unspecified atom stereocenters. The van der Waals surface area contributed by atoms with E-state index in [1.54, 1.807) is 37.8 Å². The van der Waals surface area contributed by atoms with Gasteiger partial charge in [-0.2, -0.15) is 0 Å². The molecule has 3 aromatic carbocycles. The summed E-state index contributed by atoms with van der Waals surface area (Å²) in [6.45, 7) is 1.89. The van der Waals surface area contributed by atoms with Gasteiger partial charge in [0.2, 0.25) is 5.91 Å². The second-order valence-electron chi connectivity index (χ2n) is 7.76. The summed E-state index contributed by atoms with van der Waals surface area (Å²) in [5.74, 6) is 0.887. The summed E-state index contributed by atoms with van der Waals surface area (Å²) in [7, 11) is 1.61. The summed E-state index contributed by atoms with van der Waals surface area (Å²) in [5, 5.41) is 6.06. The van der Waals surface area contributed by atoms with Gasteiger partial charge in [-0.1, -0.05) is 48.5 Å². The predicted molar refractivity (Wildman–Crippen MR) is 132 cm³/mol. The Morgan fingerprint density at radius 1 is 0.970 bits per heavy atom. The maximum Gasteiger partial charge on any atom is 0.249 e. The molecule has 0 atom stereocenters. The molecular formula is C28H22N2O3. The van der Waals surface area contributed by atoms with Gasteiger partial charge in [0.1, 0.15) is 17.2 Å². The van der Waals surface area contributed by atoms with Crippen LogP contribution in [0.3, 0.4) is 0 Å². The summed E-state index contributed by atoms with van der Waals surface area (Å²) < 4.78 is 11.5. The van der Waals surface area contributed by atoms with Crippen molar-refractivity contribution in [2.24, 2.45) is 0 Å². The highest BCUT2D eigenvalue weighted by Gasteiger charge is 2.16. The largest absolute Gasteiger partial charge is 0.496 e. The number of carbonyl (C=O) groups excluding carboxylic acids is 1. The van der Waals surface area contributed by atoms with Gasteiger partial charge in [0.25, 0.3) is 0 Å². The van der Waals surface area contributed by atoms with Crippen LogP contribution < -0.4 is 10.1 Å². The van der Waals surface area contributed by atoms with Crippen LogP contribution in [-0.4, -0.2) is 18.0 Å². The van der Waals surface area contributed by atoms with Crippen molar-refractivity contribution < 1.29 is 13.9 Å². The fourth-order valence-electron chi connectivity index (χ4n) is 4.07. The first-order valence-electron chi connectivity index (χ1n) is 10.6. The minimum Gasteiger partial charge on any atom is -0.496 e. The van der Waals surface area contributed by atoms with Gasteiger partial charge in [-0.05, 0) is 47.0 Å². The number of rotatable bonds is 5. The number of aromatic nitrogens is 1. The Bertz CT molecular complexity index is 1490. The van der Waals surface area contributed by atoms with Crippen molar-refractivity contribution in [1.82, 2.24) is 4.98 Å². The lowest BCUT2D eigenvalue weighted by Crippen LogP contribution is -2.09. The third-order valence-corrected chi connectivity index (χ3v) is 5.66. The van der Waals surface area contributed by atoms with E-state index in [2.05, 4.69) is 34.6 Å². The summed E-state index contributed by atoms with van der Waals surface area (Å²) >= 11 is 0. The summed E-state index contributed by atoms with van der Waals surface area (Å²) in [5.41, 5.74) is 4.41. The minimum absolute atomic E-state index is 0.255. The summed E-state index contributed by atoms with van der Waals surface area (Å²) in [4.78, 5) is 16.7. The highest BCUT2D eigenvalue weighted by molar-refractivity contribution is 6.07. The second-order valence-corrected chi connectivity index (χ2v) is 7.76. The highest BCUT2D eigenvalue weighted by Crippen LogP contribution is 2.39. The molecule has 0 fully saturated rings. The van der Waals surface area contributed by atoms with Crippen LogP contribution in [-0.2, 0) is 4.79 Å². The van der Waals surface area contributed by atoms with Crippen molar-refractivity contribution in [2.45, 2.75) is 6.92 Å². The molecule has 0 saturated carbocycles. The van der Waals surface area contributed by atoms with Crippen LogP contribution >= 0.6 is 0 Å². The van der Waals surface area contributed by atoms with Gasteiger partial charge in [0, 0.05) is 34.9 Å². The van der Waals surface area contributed by atoms with Crippen molar-refractivity contribution in [2.75, 3.05) is 12.4 Å². The molecule has 0 aliphatic carbocycles. The number of fused-ring (bicyclic) bond motifs is 2. The number of amides is 1. The number of pyridine rings is 1. The molecule has 5 rings (SSSR count). The van der Waals surface area contributed by atoms with Crippen LogP contribution in [0.2, 0.25) is 0 Å². The molecule has 0 aliphatic heterocycles. The number of benzene rings is 3. The third kappa shape index (κ3) is 3.96. The highest BCUT2D eigenvalue weighted by atomic mass is 16.5. The van der Waals surface area contributed by atoms with Crippen LogP contribution in [0.15, 0.2) is 95.7 Å². The average Bonchev–Trinajstić information content (AvgIpc) is 3.26. The molecule has 0 aliphatic rings. The van der Waals surface area contributed by atoms with Crippen molar-refractivity contribution in [1.29, 1.82) is 0 Å². The maximum atomic E-state index is 12.6. The van der Waals surface area contributed by atoms with Crippen LogP contribution in [0, 0.1) is 0 Å². The first-order valence-corrected chi connectivity index (χ1v) is 10.6. The molecule has 2 heterocycles. The van der Waals surface area contributed by atoms with Crippen molar-refractivity contribution in [3.63, 3.8) is 0 Å². The van der Waals surface area contributed by atoms with Crippen LogP contribution in [0.5, 0.6) is 5.75 Å². The van der Waals surface area contributed by atoms with Gasteiger partial charge in [-0.15, -0.1) is 0 Å². The number of furan rings is 1. The molecule has 2 aromatic heterocycles. The summed E-state index contributed by atoms with van der Waals surface area (Å²) in [6.07, 6.45) is 4.97. The normalized spacial score (nSPS) is 11.6. The average molecular weight is 434 g/mol. The Morgan fingerprint density at radius 2 is 1.79 bits per heavy atom. The monoisotopic (exact) mass is 434 g/mol. The third-order valence-electron chi connectivity index (χ3n) is 5.66. The SMILES string of the molecule is COc1cc2occ(-c3cccc4ccccc34)c2cc1/C(C)=C/C(=O)Nc1ccccn1. The Morgan fingerprint density at radius 3 is 2.61 bits per heavy atom. The topological polar surface area (TPSA) is 64.4 Å². The van der Waals surface area contributed by atoms with E-state index in [0.29, 0.717) is 11.6 Å². The number of nitrogens with zero attached hydrogens (tertiary/aromatic N) is 1. The van der Waals surface area contributed by atoms with E-state index >= 15 is 0 Å². The van der Waals surface area contributed by atoms with Crippen molar-refractivity contribution in [3.05, 3.63) is 96.9 Å². The van der Waals surface area contributed by atoms with E-state index < -0.39 is 0 Å². The van der Waals surface area contributed by atoms with Gasteiger partial charge in [-0.3, -0.25) is 4.79 Å². The molecule has 0 spiro atoms.